The number of rotatable bonds is 8. The molecule has 0 aliphatic heterocycles. The van der Waals surface area contributed by atoms with E-state index in [0.717, 1.165) is 37.2 Å². The van der Waals surface area contributed by atoms with Gasteiger partial charge in [-0.1, -0.05) is 30.3 Å². The van der Waals surface area contributed by atoms with Crippen molar-refractivity contribution >= 4 is 0 Å². The highest BCUT2D eigenvalue weighted by molar-refractivity contribution is 5.54. The number of imidazole rings is 1. The van der Waals surface area contributed by atoms with E-state index in [-0.39, 0.29) is 12.1 Å². The zero-order valence-electron chi connectivity index (χ0n) is 12.9. The molecule has 1 aromatic carbocycles. The van der Waals surface area contributed by atoms with Crippen molar-refractivity contribution in [1.82, 2.24) is 14.9 Å². The Kier molecular flexibility index (Phi) is 5.53. The molecule has 2 N–H and O–H groups in total. The van der Waals surface area contributed by atoms with Crippen molar-refractivity contribution in [2.24, 2.45) is 0 Å². The van der Waals surface area contributed by atoms with E-state index >= 15 is 0 Å². The van der Waals surface area contributed by atoms with E-state index in [1.807, 2.05) is 37.6 Å². The van der Waals surface area contributed by atoms with Gasteiger partial charge in [-0.25, -0.2) is 4.98 Å². The maximum Gasteiger partial charge on any atom is 0.139 e. The molecule has 21 heavy (non-hydrogen) atoms. The number of unbranched alkanes of at least 4 members (excludes halogenated alkanes) is 1. The first-order valence-electron chi connectivity index (χ1n) is 7.55. The highest BCUT2D eigenvalue weighted by atomic mass is 16.3. The highest BCUT2D eigenvalue weighted by Gasteiger charge is 2.19. The summed E-state index contributed by atoms with van der Waals surface area (Å²) in [6.45, 7) is 3.18. The molecule has 1 unspecified atom stereocenters. The van der Waals surface area contributed by atoms with Gasteiger partial charge < -0.3 is 15.0 Å². The van der Waals surface area contributed by atoms with Crippen molar-refractivity contribution < 1.29 is 5.11 Å². The molecule has 0 amide bonds. The van der Waals surface area contributed by atoms with E-state index in [2.05, 4.69) is 33.9 Å². The van der Waals surface area contributed by atoms with Gasteiger partial charge in [0, 0.05) is 30.0 Å². The molecular weight excluding hydrogens is 262 g/mol. The largest absolute Gasteiger partial charge is 0.394 e. The normalized spacial score (nSPS) is 14.0. The van der Waals surface area contributed by atoms with Crippen molar-refractivity contribution in [2.45, 2.75) is 38.3 Å². The molecule has 0 saturated heterocycles. The summed E-state index contributed by atoms with van der Waals surface area (Å²) in [6, 6.07) is 10.3. The zero-order valence-corrected chi connectivity index (χ0v) is 12.9. The topological polar surface area (TPSA) is 50.1 Å². The van der Waals surface area contributed by atoms with E-state index in [9.17, 15) is 5.11 Å². The van der Waals surface area contributed by atoms with E-state index in [0.29, 0.717) is 0 Å². The molecule has 1 aromatic heterocycles. The first kappa shape index (κ1) is 15.7. The lowest BCUT2D eigenvalue weighted by molar-refractivity contribution is 0.170. The minimum Gasteiger partial charge on any atom is -0.394 e. The molecule has 1 heterocycles. The Morgan fingerprint density at radius 2 is 2.00 bits per heavy atom. The second-order valence-electron chi connectivity index (χ2n) is 5.74. The van der Waals surface area contributed by atoms with Gasteiger partial charge in [-0.05, 0) is 33.2 Å². The average molecular weight is 287 g/mol. The summed E-state index contributed by atoms with van der Waals surface area (Å²) in [6.07, 6.45) is 7.01. The first-order chi connectivity index (χ1) is 10.2. The van der Waals surface area contributed by atoms with Gasteiger partial charge in [0.1, 0.15) is 5.82 Å². The average Bonchev–Trinajstić information content (AvgIpc) is 3.00. The lowest BCUT2D eigenvalue weighted by Crippen LogP contribution is -2.43. The monoisotopic (exact) mass is 287 g/mol. The molecule has 4 heteroatoms. The number of hydrogen-bond donors (Lipinski definition) is 2. The highest BCUT2D eigenvalue weighted by Crippen LogP contribution is 2.18. The van der Waals surface area contributed by atoms with Gasteiger partial charge in [-0.15, -0.1) is 0 Å². The summed E-state index contributed by atoms with van der Waals surface area (Å²) in [7, 11) is 1.90. The van der Waals surface area contributed by atoms with E-state index in [4.69, 9.17) is 0 Å². The molecule has 0 saturated carbocycles. The Balaban J connectivity index is 1.89. The molecule has 2 aromatic rings. The zero-order chi connectivity index (χ0) is 15.1. The lowest BCUT2D eigenvalue weighted by Gasteiger charge is -2.26. The van der Waals surface area contributed by atoms with Gasteiger partial charge in [0.05, 0.1) is 6.61 Å². The van der Waals surface area contributed by atoms with Crippen LogP contribution in [0, 0.1) is 0 Å². The van der Waals surface area contributed by atoms with Crippen LogP contribution in [0.15, 0.2) is 42.7 Å². The molecule has 2 rings (SSSR count). The molecule has 4 nitrogen and oxygen atoms in total. The third-order valence-electron chi connectivity index (χ3n) is 4.08. The maximum absolute atomic E-state index is 9.38. The summed E-state index contributed by atoms with van der Waals surface area (Å²) in [5.41, 5.74) is 0.981. The van der Waals surface area contributed by atoms with Crippen LogP contribution in [0.3, 0.4) is 0 Å². The third kappa shape index (κ3) is 4.16. The van der Waals surface area contributed by atoms with Gasteiger partial charge >= 0.3 is 0 Å². The van der Waals surface area contributed by atoms with E-state index in [1.165, 1.54) is 0 Å². The molecule has 0 bridgehead atoms. The van der Waals surface area contributed by atoms with Crippen LogP contribution in [0.4, 0.5) is 0 Å². The number of hydrogen-bond acceptors (Lipinski definition) is 3. The van der Waals surface area contributed by atoms with Gasteiger partial charge in [0.15, 0.2) is 0 Å². The van der Waals surface area contributed by atoms with Crippen molar-refractivity contribution in [3.8, 4) is 11.4 Å². The Hall–Kier alpha value is -1.65. The summed E-state index contributed by atoms with van der Waals surface area (Å²) >= 11 is 0. The Morgan fingerprint density at radius 1 is 1.24 bits per heavy atom. The van der Waals surface area contributed by atoms with Crippen LogP contribution in [-0.2, 0) is 6.54 Å². The predicted molar refractivity (Wildman–Crippen MR) is 86.1 cm³/mol. The van der Waals surface area contributed by atoms with Crippen LogP contribution < -0.4 is 5.32 Å². The van der Waals surface area contributed by atoms with Crippen molar-refractivity contribution in [2.75, 3.05) is 13.7 Å². The van der Waals surface area contributed by atoms with Crippen molar-refractivity contribution in [3.63, 3.8) is 0 Å². The molecule has 1 atom stereocenters. The van der Waals surface area contributed by atoms with Crippen LogP contribution in [0.1, 0.15) is 26.2 Å². The van der Waals surface area contributed by atoms with E-state index < -0.39 is 0 Å². The number of likely N-dealkylation sites (N-methyl/N-ethyl adjacent to an activating group) is 1. The molecule has 0 aliphatic rings. The summed E-state index contributed by atoms with van der Waals surface area (Å²) in [4.78, 5) is 4.46. The number of aromatic nitrogens is 2. The minimum atomic E-state index is -0.169. The maximum atomic E-state index is 9.38. The van der Waals surface area contributed by atoms with Gasteiger partial charge in [-0.2, -0.15) is 0 Å². The third-order valence-corrected chi connectivity index (χ3v) is 4.08. The van der Waals surface area contributed by atoms with Crippen LogP contribution >= 0.6 is 0 Å². The standard InChI is InChI=1S/C17H25N3O/c1-17(14-21,18-2)10-6-7-12-20-13-11-19-16(20)15-8-4-3-5-9-15/h3-5,8-9,11,13,18,21H,6-7,10,12,14H2,1-2H3. The van der Waals surface area contributed by atoms with E-state index in [1.54, 1.807) is 0 Å². The first-order valence-corrected chi connectivity index (χ1v) is 7.55. The quantitative estimate of drug-likeness (QED) is 0.734. The number of aryl methyl sites for hydroxylation is 1. The van der Waals surface area contributed by atoms with Gasteiger partial charge in [-0.3, -0.25) is 0 Å². The molecule has 114 valence electrons. The number of benzene rings is 1. The number of aliphatic hydroxyl groups excluding tert-OH is 1. The lowest BCUT2D eigenvalue weighted by atomic mass is 9.96. The Morgan fingerprint density at radius 3 is 2.67 bits per heavy atom. The van der Waals surface area contributed by atoms with Crippen LogP contribution in [0.2, 0.25) is 0 Å². The number of nitrogens with one attached hydrogen (secondary N) is 1. The van der Waals surface area contributed by atoms with Crippen LogP contribution in [0.5, 0.6) is 0 Å². The second kappa shape index (κ2) is 7.38. The number of aliphatic hydroxyl groups is 1. The smallest absolute Gasteiger partial charge is 0.139 e. The second-order valence-corrected chi connectivity index (χ2v) is 5.74. The van der Waals surface area contributed by atoms with Crippen LogP contribution in [0.25, 0.3) is 11.4 Å². The molecule has 0 radical (unpaired) electrons. The fourth-order valence-electron chi connectivity index (χ4n) is 2.42. The van der Waals surface area contributed by atoms with Crippen molar-refractivity contribution in [1.29, 1.82) is 0 Å². The molecular formula is C17H25N3O. The summed E-state index contributed by atoms with van der Waals surface area (Å²) < 4.78 is 2.20. The SMILES string of the molecule is CNC(C)(CO)CCCCn1ccnc1-c1ccccc1. The van der Waals surface area contributed by atoms with Gasteiger partial charge in [0.25, 0.3) is 0 Å². The molecule has 0 aliphatic carbocycles. The number of nitrogens with zero attached hydrogens (tertiary/aromatic N) is 2. The summed E-state index contributed by atoms with van der Waals surface area (Å²) in [5.74, 6) is 1.02. The molecule has 0 spiro atoms. The minimum absolute atomic E-state index is 0.169. The Labute approximate surface area is 126 Å². The van der Waals surface area contributed by atoms with Gasteiger partial charge in [0.2, 0.25) is 0 Å². The predicted octanol–water partition coefficient (Wildman–Crippen LogP) is 2.69. The fourth-order valence-corrected chi connectivity index (χ4v) is 2.42. The summed E-state index contributed by atoms with van der Waals surface area (Å²) in [5, 5.41) is 12.6. The van der Waals surface area contributed by atoms with Crippen LogP contribution in [-0.4, -0.2) is 33.9 Å². The Bertz CT molecular complexity index is 532. The fraction of sp³-hybridized carbons (Fsp3) is 0.471. The van der Waals surface area contributed by atoms with Crippen molar-refractivity contribution in [3.05, 3.63) is 42.7 Å². The molecule has 0 fully saturated rings.